The minimum atomic E-state index is -0.388. The normalized spacial score (nSPS) is 12.2. The monoisotopic (exact) mass is 282 g/mol. The second-order valence-electron chi connectivity index (χ2n) is 4.53. The van der Waals surface area contributed by atoms with Gasteiger partial charge in [-0.15, -0.1) is 0 Å². The van der Waals surface area contributed by atoms with Gasteiger partial charge in [-0.05, 0) is 23.8 Å². The van der Waals surface area contributed by atoms with E-state index < -0.39 is 0 Å². The highest BCUT2D eigenvalue weighted by Gasteiger charge is 2.20. The number of phenolic OH excluding ortho intramolecular Hbond substituents is 1. The minimum absolute atomic E-state index is 0.151. The number of ether oxygens (including phenoxy) is 1. The maximum absolute atomic E-state index is 9.50. The Balaban J connectivity index is 1.94. The molecule has 0 amide bonds. The average Bonchev–Trinajstić information content (AvgIpc) is 2.99. The number of benzene rings is 2. The van der Waals surface area contributed by atoms with Crippen LogP contribution in [0.15, 0.2) is 59.1 Å². The summed E-state index contributed by atoms with van der Waals surface area (Å²) < 4.78 is 10.7. The van der Waals surface area contributed by atoms with Gasteiger partial charge in [-0.25, -0.2) is 0 Å². The Morgan fingerprint density at radius 3 is 2.62 bits per heavy atom. The lowest BCUT2D eigenvalue weighted by Gasteiger charge is -2.10. The number of hydrogen-bond acceptors (Lipinski definition) is 5. The lowest BCUT2D eigenvalue weighted by Crippen LogP contribution is -2.05. The van der Waals surface area contributed by atoms with Crippen molar-refractivity contribution < 1.29 is 14.4 Å². The molecule has 5 nitrogen and oxygen atoms in total. The topological polar surface area (TPSA) is 68.4 Å². The fourth-order valence-electron chi connectivity index (χ4n) is 2.12. The number of aromatic hydroxyl groups is 1. The van der Waals surface area contributed by atoms with E-state index in [0.717, 1.165) is 5.56 Å². The maximum atomic E-state index is 9.50. The Labute approximate surface area is 121 Å². The van der Waals surface area contributed by atoms with Crippen LogP contribution < -0.4 is 0 Å². The second kappa shape index (κ2) is 5.76. The van der Waals surface area contributed by atoms with Crippen molar-refractivity contribution in [2.24, 2.45) is 0 Å². The van der Waals surface area contributed by atoms with Gasteiger partial charge in [-0.3, -0.25) is 0 Å². The second-order valence-corrected chi connectivity index (χ2v) is 4.53. The number of nitrogens with zero attached hydrogens (tertiary/aromatic N) is 2. The Bertz CT molecular complexity index is 725. The number of methoxy groups -OCH3 is 1. The first-order valence-corrected chi connectivity index (χ1v) is 6.48. The number of aromatic nitrogens is 2. The molecule has 3 aromatic rings. The molecule has 1 aromatic heterocycles. The van der Waals surface area contributed by atoms with E-state index in [1.54, 1.807) is 31.4 Å². The van der Waals surface area contributed by atoms with Crippen LogP contribution in [-0.2, 0) is 4.74 Å². The van der Waals surface area contributed by atoms with Crippen molar-refractivity contribution in [1.29, 1.82) is 0 Å². The summed E-state index contributed by atoms with van der Waals surface area (Å²) >= 11 is 0. The fourth-order valence-corrected chi connectivity index (χ4v) is 2.12. The summed E-state index contributed by atoms with van der Waals surface area (Å²) in [4.78, 5) is 4.36. The van der Waals surface area contributed by atoms with Crippen LogP contribution in [-0.4, -0.2) is 22.4 Å². The van der Waals surface area contributed by atoms with Crippen molar-refractivity contribution in [3.8, 4) is 17.2 Å². The quantitative estimate of drug-likeness (QED) is 0.796. The van der Waals surface area contributed by atoms with Gasteiger partial charge in [-0.2, -0.15) is 4.98 Å². The Morgan fingerprint density at radius 2 is 1.90 bits per heavy atom. The van der Waals surface area contributed by atoms with E-state index in [0.29, 0.717) is 17.3 Å². The van der Waals surface area contributed by atoms with Gasteiger partial charge < -0.3 is 14.4 Å². The van der Waals surface area contributed by atoms with Gasteiger partial charge in [0.15, 0.2) is 0 Å². The zero-order chi connectivity index (χ0) is 14.7. The highest BCUT2D eigenvalue weighted by Crippen LogP contribution is 2.26. The molecular weight excluding hydrogens is 268 g/mol. The molecule has 0 saturated heterocycles. The van der Waals surface area contributed by atoms with E-state index in [1.165, 1.54) is 0 Å². The van der Waals surface area contributed by atoms with Gasteiger partial charge in [0.2, 0.25) is 5.82 Å². The van der Waals surface area contributed by atoms with Crippen LogP contribution in [0.2, 0.25) is 0 Å². The van der Waals surface area contributed by atoms with Gasteiger partial charge in [0.1, 0.15) is 11.9 Å². The standard InChI is InChI=1S/C16H14N2O3/c1-20-14(11-6-3-2-4-7-11)15-17-16(21-18-15)12-8-5-9-13(19)10-12/h2-10,14,19H,1H3. The molecule has 1 heterocycles. The summed E-state index contributed by atoms with van der Waals surface area (Å²) in [5.41, 5.74) is 1.61. The fraction of sp³-hybridized carbons (Fsp3) is 0.125. The Hall–Kier alpha value is -2.66. The largest absolute Gasteiger partial charge is 0.508 e. The van der Waals surface area contributed by atoms with Crippen LogP contribution in [0, 0.1) is 0 Å². The molecule has 0 aliphatic rings. The Kier molecular flexibility index (Phi) is 3.66. The van der Waals surface area contributed by atoms with Gasteiger partial charge in [0, 0.05) is 12.7 Å². The van der Waals surface area contributed by atoms with E-state index in [9.17, 15) is 5.11 Å². The summed E-state index contributed by atoms with van der Waals surface area (Å²) in [5.74, 6) is 0.944. The van der Waals surface area contributed by atoms with Crippen LogP contribution >= 0.6 is 0 Å². The van der Waals surface area contributed by atoms with Crippen LogP contribution in [0.1, 0.15) is 17.5 Å². The predicted octanol–water partition coefficient (Wildman–Crippen LogP) is 3.18. The van der Waals surface area contributed by atoms with Gasteiger partial charge in [0.05, 0.1) is 0 Å². The van der Waals surface area contributed by atoms with Crippen molar-refractivity contribution in [3.63, 3.8) is 0 Å². The molecule has 3 rings (SSSR count). The zero-order valence-electron chi connectivity index (χ0n) is 11.4. The van der Waals surface area contributed by atoms with Gasteiger partial charge in [-0.1, -0.05) is 41.6 Å². The molecule has 2 aromatic carbocycles. The van der Waals surface area contributed by atoms with Crippen LogP contribution in [0.4, 0.5) is 0 Å². The average molecular weight is 282 g/mol. The number of phenols is 1. The highest BCUT2D eigenvalue weighted by molar-refractivity contribution is 5.55. The van der Waals surface area contributed by atoms with Crippen molar-refractivity contribution in [2.45, 2.75) is 6.10 Å². The molecule has 1 atom stereocenters. The van der Waals surface area contributed by atoms with Gasteiger partial charge >= 0.3 is 0 Å². The molecule has 21 heavy (non-hydrogen) atoms. The lowest BCUT2D eigenvalue weighted by molar-refractivity contribution is 0.126. The van der Waals surface area contributed by atoms with Gasteiger partial charge in [0.25, 0.3) is 5.89 Å². The minimum Gasteiger partial charge on any atom is -0.508 e. The van der Waals surface area contributed by atoms with E-state index in [2.05, 4.69) is 10.1 Å². The first-order valence-electron chi connectivity index (χ1n) is 6.48. The van der Waals surface area contributed by atoms with Crippen LogP contribution in [0.3, 0.4) is 0 Å². The third-order valence-electron chi connectivity index (χ3n) is 3.11. The lowest BCUT2D eigenvalue weighted by atomic mass is 10.1. The first-order chi connectivity index (χ1) is 10.3. The van der Waals surface area contributed by atoms with E-state index >= 15 is 0 Å². The molecule has 5 heteroatoms. The molecular formula is C16H14N2O3. The summed E-state index contributed by atoms with van der Waals surface area (Å²) in [6.45, 7) is 0. The van der Waals surface area contributed by atoms with Crippen LogP contribution in [0.5, 0.6) is 5.75 Å². The number of hydrogen-bond donors (Lipinski definition) is 1. The molecule has 1 unspecified atom stereocenters. The maximum Gasteiger partial charge on any atom is 0.258 e. The molecule has 0 aliphatic carbocycles. The van der Waals surface area contributed by atoms with Crippen molar-refractivity contribution in [3.05, 3.63) is 66.0 Å². The summed E-state index contributed by atoms with van der Waals surface area (Å²) in [5, 5.41) is 13.5. The number of rotatable bonds is 4. The molecule has 106 valence electrons. The highest BCUT2D eigenvalue weighted by atomic mass is 16.5. The zero-order valence-corrected chi connectivity index (χ0v) is 11.4. The SMILES string of the molecule is COC(c1ccccc1)c1noc(-c2cccc(O)c2)n1. The van der Waals surface area contributed by atoms with Crippen molar-refractivity contribution >= 4 is 0 Å². The first kappa shape index (κ1) is 13.3. The summed E-state index contributed by atoms with van der Waals surface area (Å²) in [6, 6.07) is 16.3. The summed E-state index contributed by atoms with van der Waals surface area (Å²) in [6.07, 6.45) is -0.388. The molecule has 0 spiro atoms. The molecule has 1 N–H and O–H groups in total. The summed E-state index contributed by atoms with van der Waals surface area (Å²) in [7, 11) is 1.60. The van der Waals surface area contributed by atoms with Crippen LogP contribution in [0.25, 0.3) is 11.5 Å². The van der Waals surface area contributed by atoms with Crippen molar-refractivity contribution in [2.75, 3.05) is 7.11 Å². The van der Waals surface area contributed by atoms with E-state index in [1.807, 2.05) is 30.3 Å². The molecule has 0 bridgehead atoms. The molecule has 0 aliphatic heterocycles. The van der Waals surface area contributed by atoms with E-state index in [-0.39, 0.29) is 11.9 Å². The smallest absolute Gasteiger partial charge is 0.258 e. The molecule has 0 fully saturated rings. The molecule has 0 radical (unpaired) electrons. The van der Waals surface area contributed by atoms with E-state index in [4.69, 9.17) is 9.26 Å². The predicted molar refractivity (Wildman–Crippen MR) is 76.7 cm³/mol. The third kappa shape index (κ3) is 2.78. The third-order valence-corrected chi connectivity index (χ3v) is 3.11. The molecule has 0 saturated carbocycles. The van der Waals surface area contributed by atoms with Crippen molar-refractivity contribution in [1.82, 2.24) is 10.1 Å². The Morgan fingerprint density at radius 1 is 1.10 bits per heavy atom.